The average molecular weight is 435 g/mol. The fourth-order valence-electron chi connectivity index (χ4n) is 3.12. The number of unbranched alkanes of at least 4 members (excludes halogenated alkanes) is 1. The molecule has 1 aromatic rings. The number of amides is 1. The standard InChI is InChI=1S/C20H29N5O6/c1-4-5-8-30-19(2,3)18(29)25-17(23-11-22)12-6-7-14(24-12)20(10-21)16(28)15(27)13(9-26)31-20/h6-7,11,13,15-16,24,26-28H,4-5,8-9H2,1-3H3,(H2,22,23,25,29)/t13-,15-,16-,20+/m1/s1. The van der Waals surface area contributed by atoms with Gasteiger partial charge in [0.2, 0.25) is 5.60 Å². The molecule has 1 aliphatic heterocycles. The van der Waals surface area contributed by atoms with E-state index in [9.17, 15) is 25.4 Å². The van der Waals surface area contributed by atoms with Crippen LogP contribution in [0.15, 0.2) is 17.1 Å². The minimum absolute atomic E-state index is 0.00162. The van der Waals surface area contributed by atoms with Crippen molar-refractivity contribution in [2.75, 3.05) is 13.2 Å². The lowest BCUT2D eigenvalue weighted by Gasteiger charge is -2.25. The molecule has 6 N–H and O–H groups in total. The van der Waals surface area contributed by atoms with Crippen LogP contribution in [0.3, 0.4) is 0 Å². The van der Waals surface area contributed by atoms with Crippen LogP contribution < -0.4 is 5.32 Å². The quantitative estimate of drug-likeness (QED) is 0.178. The molecule has 1 fully saturated rings. The third kappa shape index (κ3) is 5.00. The predicted octanol–water partition coefficient (Wildman–Crippen LogP) is -0.0883. The molecule has 0 radical (unpaired) electrons. The van der Waals surface area contributed by atoms with Crippen molar-refractivity contribution in [2.45, 2.75) is 63.1 Å². The summed E-state index contributed by atoms with van der Waals surface area (Å²) in [4.78, 5) is 19.4. The number of aromatic nitrogens is 1. The Morgan fingerprint density at radius 2 is 2.23 bits per heavy atom. The van der Waals surface area contributed by atoms with E-state index in [1.165, 1.54) is 12.1 Å². The Morgan fingerprint density at radius 3 is 2.77 bits per heavy atom. The number of ether oxygens (including phenoxy) is 2. The Bertz CT molecular complexity index is 860. The highest BCUT2D eigenvalue weighted by Gasteiger charge is 2.56. The molecule has 170 valence electrons. The van der Waals surface area contributed by atoms with E-state index in [1.807, 2.05) is 13.0 Å². The molecular formula is C20H29N5O6. The molecule has 2 heterocycles. The third-order valence-corrected chi connectivity index (χ3v) is 5.08. The molecule has 0 aliphatic carbocycles. The molecule has 1 saturated heterocycles. The first-order valence-electron chi connectivity index (χ1n) is 9.94. The molecule has 11 heteroatoms. The van der Waals surface area contributed by atoms with Crippen LogP contribution >= 0.6 is 0 Å². The van der Waals surface area contributed by atoms with E-state index in [-0.39, 0.29) is 17.2 Å². The predicted molar refractivity (Wildman–Crippen MR) is 110 cm³/mol. The maximum atomic E-state index is 12.7. The van der Waals surface area contributed by atoms with Crippen molar-refractivity contribution in [3.8, 4) is 6.07 Å². The Labute approximate surface area is 180 Å². The Hall–Kier alpha value is -2.62. The molecule has 2 rings (SSSR count). The Morgan fingerprint density at radius 1 is 1.52 bits per heavy atom. The van der Waals surface area contributed by atoms with Gasteiger partial charge < -0.3 is 35.1 Å². The minimum atomic E-state index is -1.95. The number of nitrogens with one attached hydrogen (secondary N) is 3. The zero-order valence-electron chi connectivity index (χ0n) is 17.8. The van der Waals surface area contributed by atoms with E-state index in [0.717, 1.165) is 19.2 Å². The molecule has 1 aliphatic rings. The van der Waals surface area contributed by atoms with Crippen LogP contribution in [0.4, 0.5) is 0 Å². The number of amidine groups is 1. The van der Waals surface area contributed by atoms with E-state index >= 15 is 0 Å². The maximum Gasteiger partial charge on any atom is 0.257 e. The molecule has 0 aromatic carbocycles. The van der Waals surface area contributed by atoms with E-state index in [4.69, 9.17) is 14.9 Å². The number of aromatic amines is 1. The normalized spacial score (nSPS) is 26.5. The van der Waals surface area contributed by atoms with Crippen LogP contribution in [0.5, 0.6) is 0 Å². The van der Waals surface area contributed by atoms with Crippen molar-refractivity contribution in [1.82, 2.24) is 10.3 Å². The van der Waals surface area contributed by atoms with Crippen molar-refractivity contribution >= 4 is 18.1 Å². The molecule has 4 atom stereocenters. The van der Waals surface area contributed by atoms with Gasteiger partial charge in [0, 0.05) is 6.61 Å². The van der Waals surface area contributed by atoms with Gasteiger partial charge >= 0.3 is 0 Å². The van der Waals surface area contributed by atoms with Crippen LogP contribution in [0.25, 0.3) is 0 Å². The molecule has 1 amide bonds. The van der Waals surface area contributed by atoms with Crippen molar-refractivity contribution < 1.29 is 29.6 Å². The number of aliphatic hydroxyl groups excluding tert-OH is 3. The van der Waals surface area contributed by atoms with Crippen molar-refractivity contribution in [1.29, 1.82) is 10.7 Å². The van der Waals surface area contributed by atoms with Gasteiger partial charge in [-0.05, 0) is 32.4 Å². The van der Waals surface area contributed by atoms with Gasteiger partial charge in [-0.25, -0.2) is 4.99 Å². The lowest BCUT2D eigenvalue weighted by molar-refractivity contribution is -0.141. The van der Waals surface area contributed by atoms with E-state index in [0.29, 0.717) is 6.61 Å². The summed E-state index contributed by atoms with van der Waals surface area (Å²) in [6.07, 6.45) is -1.76. The highest BCUT2D eigenvalue weighted by molar-refractivity contribution is 6.10. The van der Waals surface area contributed by atoms with Gasteiger partial charge in [-0.1, -0.05) is 13.3 Å². The lowest BCUT2D eigenvalue weighted by Crippen LogP contribution is -2.47. The van der Waals surface area contributed by atoms with Crippen molar-refractivity contribution in [3.05, 3.63) is 23.5 Å². The minimum Gasteiger partial charge on any atom is -0.394 e. The number of nitriles is 1. The number of aliphatic imine (C=N–C) groups is 1. The molecular weight excluding hydrogens is 406 g/mol. The van der Waals surface area contributed by atoms with Gasteiger partial charge in [-0.2, -0.15) is 5.26 Å². The average Bonchev–Trinajstić information content (AvgIpc) is 3.32. The van der Waals surface area contributed by atoms with Crippen LogP contribution in [-0.4, -0.2) is 75.5 Å². The number of aliphatic hydroxyl groups is 3. The second-order valence-corrected chi connectivity index (χ2v) is 7.68. The van der Waals surface area contributed by atoms with E-state index < -0.39 is 42.0 Å². The van der Waals surface area contributed by atoms with Gasteiger partial charge in [0.25, 0.3) is 5.91 Å². The van der Waals surface area contributed by atoms with E-state index in [2.05, 4.69) is 15.3 Å². The first-order valence-corrected chi connectivity index (χ1v) is 9.94. The summed E-state index contributed by atoms with van der Waals surface area (Å²) in [5.41, 5.74) is -2.76. The number of hydrogen-bond donors (Lipinski definition) is 6. The molecule has 11 nitrogen and oxygen atoms in total. The molecule has 0 bridgehead atoms. The summed E-state index contributed by atoms with van der Waals surface area (Å²) in [6.45, 7) is 5.07. The summed E-state index contributed by atoms with van der Waals surface area (Å²) < 4.78 is 11.1. The highest BCUT2D eigenvalue weighted by atomic mass is 16.6. The zero-order valence-corrected chi connectivity index (χ0v) is 17.8. The number of hydrogen-bond acceptors (Lipinski definition) is 8. The molecule has 0 spiro atoms. The first kappa shape index (κ1) is 24.6. The van der Waals surface area contributed by atoms with E-state index in [1.54, 1.807) is 13.8 Å². The summed E-state index contributed by atoms with van der Waals surface area (Å²) in [5, 5.41) is 49.3. The summed E-state index contributed by atoms with van der Waals surface area (Å²) in [5.74, 6) is -0.485. The molecule has 1 aromatic heterocycles. The lowest BCUT2D eigenvalue weighted by atomic mass is 9.93. The second kappa shape index (κ2) is 10.1. The molecule has 0 saturated carbocycles. The maximum absolute atomic E-state index is 12.7. The third-order valence-electron chi connectivity index (χ3n) is 5.08. The summed E-state index contributed by atoms with van der Waals surface area (Å²) in [6, 6.07) is 4.77. The zero-order chi connectivity index (χ0) is 23.2. The van der Waals surface area contributed by atoms with Crippen LogP contribution in [0, 0.1) is 16.7 Å². The first-order chi connectivity index (χ1) is 14.7. The van der Waals surface area contributed by atoms with Gasteiger partial charge in [-0.15, -0.1) is 0 Å². The van der Waals surface area contributed by atoms with Gasteiger partial charge in [0.15, 0.2) is 5.84 Å². The second-order valence-electron chi connectivity index (χ2n) is 7.68. The monoisotopic (exact) mass is 435 g/mol. The highest BCUT2D eigenvalue weighted by Crippen LogP contribution is 2.39. The fraction of sp³-hybridized carbons (Fsp3) is 0.600. The van der Waals surface area contributed by atoms with Gasteiger partial charge in [-0.3, -0.25) is 10.2 Å². The number of H-pyrrole nitrogens is 1. The smallest absolute Gasteiger partial charge is 0.257 e. The van der Waals surface area contributed by atoms with Gasteiger partial charge in [0.05, 0.1) is 18.0 Å². The number of carbonyl (C=O) groups is 1. The van der Waals surface area contributed by atoms with Gasteiger partial charge in [0.1, 0.15) is 36.3 Å². The van der Waals surface area contributed by atoms with Crippen molar-refractivity contribution in [3.63, 3.8) is 0 Å². The summed E-state index contributed by atoms with van der Waals surface area (Å²) in [7, 11) is 0. The number of rotatable bonds is 9. The number of nitrogens with zero attached hydrogens (tertiary/aromatic N) is 2. The van der Waals surface area contributed by atoms with Crippen molar-refractivity contribution in [2.24, 2.45) is 4.99 Å². The fourth-order valence-corrected chi connectivity index (χ4v) is 3.12. The Kier molecular flexibility index (Phi) is 8.05. The van der Waals surface area contributed by atoms with Crippen LogP contribution in [-0.2, 0) is 19.9 Å². The topological polar surface area (TPSA) is 184 Å². The Balaban J connectivity index is 2.27. The molecule has 0 unspecified atom stereocenters. The number of carbonyl (C=O) groups excluding carboxylic acids is 1. The SMILES string of the molecule is CCCCOC(C)(C)C(=O)NC(=NC=N)c1ccc([C@]2(C#N)O[C@H](CO)[C@@H](O)[C@H]2O)[nH]1. The summed E-state index contributed by atoms with van der Waals surface area (Å²) >= 11 is 0. The largest absolute Gasteiger partial charge is 0.394 e. The van der Waals surface area contributed by atoms with Crippen LogP contribution in [0.2, 0.25) is 0 Å². The van der Waals surface area contributed by atoms with Crippen LogP contribution in [0.1, 0.15) is 45.0 Å². The molecule has 31 heavy (non-hydrogen) atoms.